The Morgan fingerprint density at radius 3 is 2.21 bits per heavy atom. The van der Waals surface area contributed by atoms with E-state index in [9.17, 15) is 13.2 Å². The number of hydrogen-bond donors (Lipinski definition) is 2. The second-order valence-electron chi connectivity index (χ2n) is 3.87. The maximum atomic E-state index is 13.1. The summed E-state index contributed by atoms with van der Waals surface area (Å²) in [6.07, 6.45) is 3.13. The molecule has 1 aromatic heterocycles. The van der Waals surface area contributed by atoms with E-state index in [1.807, 2.05) is 6.92 Å². The van der Waals surface area contributed by atoms with E-state index in [1.165, 1.54) is 6.20 Å². The molecule has 19 heavy (non-hydrogen) atoms. The normalized spacial score (nSPS) is 10.3. The molecular formula is C13H12F3N3. The molecule has 6 heteroatoms. The standard InChI is InChI=1S/C13H12F3N3/c1-2-18-9-3-10(7-17-6-9)19-8-4-11(14)13(16)12(15)5-8/h3-7,18-19H,2H2,1H3. The molecule has 0 fully saturated rings. The number of hydrogen-bond acceptors (Lipinski definition) is 3. The van der Waals surface area contributed by atoms with Crippen molar-refractivity contribution in [2.45, 2.75) is 6.92 Å². The second kappa shape index (κ2) is 5.60. The van der Waals surface area contributed by atoms with E-state index >= 15 is 0 Å². The summed E-state index contributed by atoms with van der Waals surface area (Å²) in [5.74, 6) is -3.96. The van der Waals surface area contributed by atoms with Crippen LogP contribution in [0.15, 0.2) is 30.6 Å². The molecule has 2 aromatic rings. The van der Waals surface area contributed by atoms with Crippen LogP contribution in [0.2, 0.25) is 0 Å². The van der Waals surface area contributed by atoms with Crippen LogP contribution in [0.5, 0.6) is 0 Å². The largest absolute Gasteiger partial charge is 0.384 e. The minimum absolute atomic E-state index is 0.117. The molecule has 0 atom stereocenters. The summed E-state index contributed by atoms with van der Waals surface area (Å²) in [5.41, 5.74) is 1.44. The van der Waals surface area contributed by atoms with Gasteiger partial charge in [-0.3, -0.25) is 4.98 Å². The van der Waals surface area contributed by atoms with Crippen molar-refractivity contribution >= 4 is 17.1 Å². The predicted octanol–water partition coefficient (Wildman–Crippen LogP) is 3.67. The number of rotatable bonds is 4. The molecule has 0 aliphatic rings. The number of aromatic nitrogens is 1. The summed E-state index contributed by atoms with van der Waals surface area (Å²) >= 11 is 0. The number of pyridine rings is 1. The molecule has 3 nitrogen and oxygen atoms in total. The Hall–Kier alpha value is -2.24. The molecule has 0 unspecified atom stereocenters. The average Bonchev–Trinajstić information content (AvgIpc) is 2.37. The number of halogens is 3. The number of nitrogens with one attached hydrogen (secondary N) is 2. The minimum atomic E-state index is -1.48. The lowest BCUT2D eigenvalue weighted by atomic mass is 10.2. The van der Waals surface area contributed by atoms with Crippen molar-refractivity contribution in [1.29, 1.82) is 0 Å². The third kappa shape index (κ3) is 3.15. The highest BCUT2D eigenvalue weighted by molar-refractivity contribution is 5.63. The van der Waals surface area contributed by atoms with Crippen molar-refractivity contribution in [2.75, 3.05) is 17.2 Å². The monoisotopic (exact) mass is 267 g/mol. The number of nitrogens with zero attached hydrogens (tertiary/aromatic N) is 1. The molecule has 0 aliphatic carbocycles. The van der Waals surface area contributed by atoms with Gasteiger partial charge < -0.3 is 10.6 Å². The Bertz CT molecular complexity index is 564. The molecule has 0 aliphatic heterocycles. The van der Waals surface area contributed by atoms with Gasteiger partial charge in [0.2, 0.25) is 0 Å². The molecule has 1 aromatic carbocycles. The summed E-state index contributed by atoms with van der Waals surface area (Å²) in [4.78, 5) is 3.98. The highest BCUT2D eigenvalue weighted by Crippen LogP contribution is 2.22. The second-order valence-corrected chi connectivity index (χ2v) is 3.87. The maximum Gasteiger partial charge on any atom is 0.194 e. The SMILES string of the molecule is CCNc1cncc(Nc2cc(F)c(F)c(F)c2)c1. The van der Waals surface area contributed by atoms with Gasteiger partial charge in [0.25, 0.3) is 0 Å². The maximum absolute atomic E-state index is 13.1. The van der Waals surface area contributed by atoms with Crippen molar-refractivity contribution in [3.05, 3.63) is 48.0 Å². The molecule has 0 saturated carbocycles. The Kier molecular flexibility index (Phi) is 3.89. The van der Waals surface area contributed by atoms with E-state index in [0.717, 1.165) is 24.4 Å². The lowest BCUT2D eigenvalue weighted by Crippen LogP contribution is -2.00. The van der Waals surface area contributed by atoms with E-state index in [2.05, 4.69) is 15.6 Å². The van der Waals surface area contributed by atoms with Gasteiger partial charge in [-0.25, -0.2) is 13.2 Å². The molecule has 100 valence electrons. The van der Waals surface area contributed by atoms with Gasteiger partial charge in [0.05, 0.1) is 23.8 Å². The first kappa shape index (κ1) is 13.2. The molecule has 2 rings (SSSR count). The fourth-order valence-electron chi connectivity index (χ4n) is 1.60. The minimum Gasteiger partial charge on any atom is -0.384 e. The zero-order valence-electron chi connectivity index (χ0n) is 10.2. The molecule has 2 N–H and O–H groups in total. The number of anilines is 3. The van der Waals surface area contributed by atoms with Crippen molar-refractivity contribution in [1.82, 2.24) is 4.98 Å². The van der Waals surface area contributed by atoms with Crippen LogP contribution >= 0.6 is 0 Å². The van der Waals surface area contributed by atoms with Gasteiger partial charge in [0.15, 0.2) is 17.5 Å². The smallest absolute Gasteiger partial charge is 0.194 e. The van der Waals surface area contributed by atoms with Crippen LogP contribution in [0.25, 0.3) is 0 Å². The van der Waals surface area contributed by atoms with Gasteiger partial charge in [0, 0.05) is 24.4 Å². The summed E-state index contributed by atoms with van der Waals surface area (Å²) in [6.45, 7) is 2.66. The van der Waals surface area contributed by atoms with Crippen LogP contribution in [0.3, 0.4) is 0 Å². The highest BCUT2D eigenvalue weighted by Gasteiger charge is 2.10. The Morgan fingerprint density at radius 1 is 0.947 bits per heavy atom. The van der Waals surface area contributed by atoms with Crippen LogP contribution in [0.1, 0.15) is 6.92 Å². The fraction of sp³-hybridized carbons (Fsp3) is 0.154. The van der Waals surface area contributed by atoms with Crippen molar-refractivity contribution < 1.29 is 13.2 Å². The Balaban J connectivity index is 2.23. The molecule has 0 amide bonds. The average molecular weight is 267 g/mol. The first-order valence-corrected chi connectivity index (χ1v) is 5.70. The zero-order valence-corrected chi connectivity index (χ0v) is 10.2. The van der Waals surface area contributed by atoms with Gasteiger partial charge in [-0.05, 0) is 13.0 Å². The Labute approximate surface area is 108 Å². The first-order chi connectivity index (χ1) is 9.10. The van der Waals surface area contributed by atoms with E-state index in [1.54, 1.807) is 12.3 Å². The summed E-state index contributed by atoms with van der Waals surface area (Å²) in [7, 11) is 0. The third-order valence-electron chi connectivity index (χ3n) is 2.39. The van der Waals surface area contributed by atoms with Crippen LogP contribution in [-0.2, 0) is 0 Å². The molecule has 0 radical (unpaired) electrons. The van der Waals surface area contributed by atoms with E-state index in [4.69, 9.17) is 0 Å². The van der Waals surface area contributed by atoms with Crippen molar-refractivity contribution in [3.63, 3.8) is 0 Å². The van der Waals surface area contributed by atoms with Crippen molar-refractivity contribution in [2.24, 2.45) is 0 Å². The van der Waals surface area contributed by atoms with Crippen LogP contribution < -0.4 is 10.6 Å². The summed E-state index contributed by atoms with van der Waals surface area (Å²) < 4.78 is 38.9. The molecule has 0 spiro atoms. The predicted molar refractivity (Wildman–Crippen MR) is 68.0 cm³/mol. The van der Waals surface area contributed by atoms with E-state index in [-0.39, 0.29) is 5.69 Å². The lowest BCUT2D eigenvalue weighted by Gasteiger charge is -2.09. The van der Waals surface area contributed by atoms with Crippen molar-refractivity contribution in [3.8, 4) is 0 Å². The van der Waals surface area contributed by atoms with Gasteiger partial charge in [-0.1, -0.05) is 0 Å². The molecule has 1 heterocycles. The van der Waals surface area contributed by atoms with Gasteiger partial charge in [-0.2, -0.15) is 0 Å². The van der Waals surface area contributed by atoms with Gasteiger partial charge in [-0.15, -0.1) is 0 Å². The zero-order chi connectivity index (χ0) is 13.8. The first-order valence-electron chi connectivity index (χ1n) is 5.70. The molecule has 0 bridgehead atoms. The highest BCUT2D eigenvalue weighted by atomic mass is 19.2. The van der Waals surface area contributed by atoms with E-state index < -0.39 is 17.5 Å². The summed E-state index contributed by atoms with van der Waals surface area (Å²) in [5, 5.41) is 5.82. The van der Waals surface area contributed by atoms with Crippen LogP contribution in [0.4, 0.5) is 30.2 Å². The summed E-state index contributed by atoms with van der Waals surface area (Å²) in [6, 6.07) is 3.51. The topological polar surface area (TPSA) is 37.0 Å². The number of benzene rings is 1. The van der Waals surface area contributed by atoms with Crippen LogP contribution in [0, 0.1) is 17.5 Å². The fourth-order valence-corrected chi connectivity index (χ4v) is 1.60. The van der Waals surface area contributed by atoms with Crippen LogP contribution in [-0.4, -0.2) is 11.5 Å². The molecule has 0 saturated heterocycles. The van der Waals surface area contributed by atoms with Gasteiger partial charge in [0.1, 0.15) is 0 Å². The quantitative estimate of drug-likeness (QED) is 0.830. The van der Waals surface area contributed by atoms with E-state index in [0.29, 0.717) is 5.69 Å². The third-order valence-corrected chi connectivity index (χ3v) is 2.39. The molecular weight excluding hydrogens is 255 g/mol. The van der Waals surface area contributed by atoms with Gasteiger partial charge >= 0.3 is 0 Å². The lowest BCUT2D eigenvalue weighted by molar-refractivity contribution is 0.448. The Morgan fingerprint density at radius 2 is 1.58 bits per heavy atom.